The smallest absolute Gasteiger partial charge is 0.161 e. The molecular formula is C12H16BrNO2. The molecule has 0 amide bonds. The highest BCUT2D eigenvalue weighted by Gasteiger charge is 2.11. The van der Waals surface area contributed by atoms with Crippen molar-refractivity contribution in [3.63, 3.8) is 0 Å². The van der Waals surface area contributed by atoms with Crippen LogP contribution >= 0.6 is 15.9 Å². The van der Waals surface area contributed by atoms with E-state index in [4.69, 9.17) is 15.2 Å². The average Bonchev–Trinajstić information content (AvgIpc) is 2.28. The lowest BCUT2D eigenvalue weighted by molar-refractivity contribution is 0.354. The van der Waals surface area contributed by atoms with Crippen molar-refractivity contribution in [3.8, 4) is 11.5 Å². The van der Waals surface area contributed by atoms with Gasteiger partial charge in [0.25, 0.3) is 0 Å². The number of hydrogen-bond donors (Lipinski definition) is 1. The Kier molecular flexibility index (Phi) is 4.83. The van der Waals surface area contributed by atoms with Gasteiger partial charge in [0.05, 0.1) is 14.2 Å². The van der Waals surface area contributed by atoms with Crippen LogP contribution in [0.1, 0.15) is 12.0 Å². The zero-order chi connectivity index (χ0) is 12.1. The van der Waals surface area contributed by atoms with E-state index < -0.39 is 0 Å². The minimum absolute atomic E-state index is 0.583. The first-order valence-electron chi connectivity index (χ1n) is 4.93. The number of halogens is 1. The fraction of sp³-hybridized carbons (Fsp3) is 0.333. The van der Waals surface area contributed by atoms with Crippen LogP contribution < -0.4 is 15.2 Å². The Hall–Kier alpha value is -1.00. The molecule has 0 aromatic heterocycles. The first kappa shape index (κ1) is 13.1. The van der Waals surface area contributed by atoms with Crippen molar-refractivity contribution in [3.05, 3.63) is 28.7 Å². The standard InChI is InChI=1S/C12H16BrNO2/c1-8(4-5-14)9-6-11(15-2)12(16-3)7-10(9)13/h6-7H,1,4-5,14H2,2-3H3. The Morgan fingerprint density at radius 1 is 1.31 bits per heavy atom. The summed E-state index contributed by atoms with van der Waals surface area (Å²) in [6.07, 6.45) is 0.758. The minimum Gasteiger partial charge on any atom is -0.493 e. The molecule has 2 N–H and O–H groups in total. The van der Waals surface area contributed by atoms with Crippen molar-refractivity contribution in [2.45, 2.75) is 6.42 Å². The van der Waals surface area contributed by atoms with Crippen LogP contribution in [-0.2, 0) is 0 Å². The van der Waals surface area contributed by atoms with Crippen molar-refractivity contribution in [2.75, 3.05) is 20.8 Å². The van der Waals surface area contributed by atoms with Gasteiger partial charge in [-0.2, -0.15) is 0 Å². The van der Waals surface area contributed by atoms with E-state index in [2.05, 4.69) is 22.5 Å². The molecule has 1 rings (SSSR count). The van der Waals surface area contributed by atoms with Crippen LogP contribution in [0.25, 0.3) is 5.57 Å². The lowest BCUT2D eigenvalue weighted by Gasteiger charge is -2.13. The average molecular weight is 286 g/mol. The second-order valence-electron chi connectivity index (χ2n) is 3.33. The molecule has 0 aliphatic carbocycles. The van der Waals surface area contributed by atoms with Gasteiger partial charge in [0, 0.05) is 4.47 Å². The molecule has 0 atom stereocenters. The number of nitrogens with two attached hydrogens (primary N) is 1. The fourth-order valence-electron chi connectivity index (χ4n) is 1.43. The molecule has 88 valence electrons. The summed E-state index contributed by atoms with van der Waals surface area (Å²) in [7, 11) is 3.22. The quantitative estimate of drug-likeness (QED) is 0.905. The summed E-state index contributed by atoms with van der Waals surface area (Å²) in [4.78, 5) is 0. The topological polar surface area (TPSA) is 44.5 Å². The van der Waals surface area contributed by atoms with Gasteiger partial charge in [0.1, 0.15) is 0 Å². The Balaban J connectivity index is 3.15. The van der Waals surface area contributed by atoms with Gasteiger partial charge >= 0.3 is 0 Å². The van der Waals surface area contributed by atoms with E-state index in [1.165, 1.54) is 0 Å². The van der Waals surface area contributed by atoms with E-state index in [9.17, 15) is 0 Å². The zero-order valence-electron chi connectivity index (χ0n) is 9.55. The molecule has 0 saturated carbocycles. The second-order valence-corrected chi connectivity index (χ2v) is 4.18. The highest BCUT2D eigenvalue weighted by molar-refractivity contribution is 9.10. The van der Waals surface area contributed by atoms with Gasteiger partial charge in [0.15, 0.2) is 11.5 Å². The van der Waals surface area contributed by atoms with Gasteiger partial charge in [-0.15, -0.1) is 0 Å². The van der Waals surface area contributed by atoms with Crippen LogP contribution in [-0.4, -0.2) is 20.8 Å². The molecule has 0 fully saturated rings. The third kappa shape index (κ3) is 2.77. The largest absolute Gasteiger partial charge is 0.493 e. The van der Waals surface area contributed by atoms with Crippen molar-refractivity contribution in [2.24, 2.45) is 5.73 Å². The third-order valence-corrected chi connectivity index (χ3v) is 2.96. The normalized spacial score (nSPS) is 10.0. The predicted molar refractivity (Wildman–Crippen MR) is 70.0 cm³/mol. The molecule has 0 bridgehead atoms. The van der Waals surface area contributed by atoms with E-state index in [-0.39, 0.29) is 0 Å². The first-order chi connectivity index (χ1) is 7.63. The molecule has 3 nitrogen and oxygen atoms in total. The molecular weight excluding hydrogens is 270 g/mol. The molecule has 4 heteroatoms. The van der Waals surface area contributed by atoms with Gasteiger partial charge < -0.3 is 15.2 Å². The summed E-state index contributed by atoms with van der Waals surface area (Å²) in [6.45, 7) is 4.58. The van der Waals surface area contributed by atoms with Crippen molar-refractivity contribution in [1.29, 1.82) is 0 Å². The van der Waals surface area contributed by atoms with Crippen molar-refractivity contribution < 1.29 is 9.47 Å². The summed E-state index contributed by atoms with van der Waals surface area (Å²) in [5.41, 5.74) is 7.50. The molecule has 0 radical (unpaired) electrons. The maximum Gasteiger partial charge on any atom is 0.161 e. The molecule has 0 saturated heterocycles. The van der Waals surface area contributed by atoms with Crippen LogP contribution in [0.4, 0.5) is 0 Å². The molecule has 1 aromatic rings. The molecule has 0 aliphatic heterocycles. The molecule has 16 heavy (non-hydrogen) atoms. The zero-order valence-corrected chi connectivity index (χ0v) is 11.1. The number of hydrogen-bond acceptors (Lipinski definition) is 3. The van der Waals surface area contributed by atoms with Gasteiger partial charge in [-0.05, 0) is 36.2 Å². The lowest BCUT2D eigenvalue weighted by Crippen LogP contribution is -2.00. The van der Waals surface area contributed by atoms with Gasteiger partial charge in [-0.1, -0.05) is 22.5 Å². The third-order valence-electron chi connectivity index (χ3n) is 2.30. The van der Waals surface area contributed by atoms with Gasteiger partial charge in [-0.3, -0.25) is 0 Å². The van der Waals surface area contributed by atoms with Gasteiger partial charge in [0.2, 0.25) is 0 Å². The Bertz CT molecular complexity index is 391. The van der Waals surface area contributed by atoms with E-state index in [1.807, 2.05) is 12.1 Å². The van der Waals surface area contributed by atoms with Crippen LogP contribution in [0, 0.1) is 0 Å². The molecule has 0 spiro atoms. The van der Waals surface area contributed by atoms with E-state index in [1.54, 1.807) is 14.2 Å². The van der Waals surface area contributed by atoms with Gasteiger partial charge in [-0.25, -0.2) is 0 Å². The highest BCUT2D eigenvalue weighted by Crippen LogP contribution is 2.36. The highest BCUT2D eigenvalue weighted by atomic mass is 79.9. The van der Waals surface area contributed by atoms with Crippen LogP contribution in [0.2, 0.25) is 0 Å². The number of rotatable bonds is 5. The summed E-state index contributed by atoms with van der Waals surface area (Å²) in [6, 6.07) is 3.77. The number of ether oxygens (including phenoxy) is 2. The number of benzene rings is 1. The number of methoxy groups -OCH3 is 2. The van der Waals surface area contributed by atoms with E-state index >= 15 is 0 Å². The summed E-state index contributed by atoms with van der Waals surface area (Å²) >= 11 is 3.48. The van der Waals surface area contributed by atoms with Crippen molar-refractivity contribution in [1.82, 2.24) is 0 Å². The molecule has 0 heterocycles. The van der Waals surface area contributed by atoms with Crippen LogP contribution in [0.15, 0.2) is 23.2 Å². The monoisotopic (exact) mass is 285 g/mol. The Morgan fingerprint density at radius 3 is 2.38 bits per heavy atom. The maximum atomic E-state index is 5.51. The Morgan fingerprint density at radius 2 is 1.88 bits per heavy atom. The van der Waals surface area contributed by atoms with Crippen LogP contribution in [0.5, 0.6) is 11.5 Å². The first-order valence-corrected chi connectivity index (χ1v) is 5.73. The minimum atomic E-state index is 0.583. The SMILES string of the molecule is C=C(CCN)c1cc(OC)c(OC)cc1Br. The van der Waals surface area contributed by atoms with E-state index in [0.29, 0.717) is 18.0 Å². The predicted octanol–water partition coefficient (Wildman–Crippen LogP) is 2.83. The summed E-state index contributed by atoms with van der Waals surface area (Å²) < 4.78 is 11.4. The maximum absolute atomic E-state index is 5.51. The molecule has 1 aromatic carbocycles. The summed E-state index contributed by atoms with van der Waals surface area (Å²) in [5.74, 6) is 1.39. The van der Waals surface area contributed by atoms with Crippen molar-refractivity contribution >= 4 is 21.5 Å². The second kappa shape index (κ2) is 5.92. The summed E-state index contributed by atoms with van der Waals surface area (Å²) in [5, 5.41) is 0. The van der Waals surface area contributed by atoms with E-state index in [0.717, 1.165) is 22.0 Å². The fourth-order valence-corrected chi connectivity index (χ4v) is 2.04. The molecule has 0 unspecified atom stereocenters. The molecule has 0 aliphatic rings. The lowest BCUT2D eigenvalue weighted by atomic mass is 10.0. The van der Waals surface area contributed by atoms with Crippen LogP contribution in [0.3, 0.4) is 0 Å². The Labute approximate surface area is 104 Å².